The maximum absolute atomic E-state index is 14.8. The van der Waals surface area contributed by atoms with Crippen LogP contribution in [0.4, 0.5) is 8.78 Å². The Kier molecular flexibility index (Phi) is 4.24. The monoisotopic (exact) mass is 412 g/mol. The van der Waals surface area contributed by atoms with Crippen molar-refractivity contribution in [1.29, 1.82) is 0 Å². The number of phenolic OH excluding ortho intramolecular Hbond substituents is 1. The molecule has 4 atom stereocenters. The minimum absolute atomic E-state index is 0.0283. The molecule has 2 bridgehead atoms. The predicted octanol–water partition coefficient (Wildman–Crippen LogP) is 2.34. The molecule has 0 aliphatic carbocycles. The summed E-state index contributed by atoms with van der Waals surface area (Å²) in [6.45, 7) is 1.79. The normalized spacial score (nSPS) is 27.4. The summed E-state index contributed by atoms with van der Waals surface area (Å²) in [7, 11) is 0. The van der Waals surface area contributed by atoms with Crippen molar-refractivity contribution in [3.63, 3.8) is 0 Å². The van der Waals surface area contributed by atoms with Gasteiger partial charge in [0, 0.05) is 24.1 Å². The van der Waals surface area contributed by atoms with Gasteiger partial charge in [-0.3, -0.25) is 5.32 Å². The zero-order valence-electron chi connectivity index (χ0n) is 15.9. The maximum atomic E-state index is 14.8. The van der Waals surface area contributed by atoms with Crippen LogP contribution in [0.15, 0.2) is 48.9 Å². The van der Waals surface area contributed by atoms with Gasteiger partial charge in [-0.05, 0) is 19.1 Å². The average molecular weight is 412 g/mol. The summed E-state index contributed by atoms with van der Waals surface area (Å²) in [5.74, 6) is -0.572. The summed E-state index contributed by atoms with van der Waals surface area (Å²) in [6, 6.07) is 4.71. The lowest BCUT2D eigenvalue weighted by atomic mass is 9.89. The summed E-state index contributed by atoms with van der Waals surface area (Å²) in [6.07, 6.45) is 5.97. The second-order valence-corrected chi connectivity index (χ2v) is 7.62. The number of alkyl halides is 1. The van der Waals surface area contributed by atoms with Crippen LogP contribution >= 0.6 is 0 Å². The van der Waals surface area contributed by atoms with Gasteiger partial charge in [0.2, 0.25) is 0 Å². The summed E-state index contributed by atoms with van der Waals surface area (Å²) >= 11 is 0. The molecule has 1 aromatic carbocycles. The summed E-state index contributed by atoms with van der Waals surface area (Å²) in [5, 5.41) is 25.4. The fourth-order valence-corrected chi connectivity index (χ4v) is 3.88. The Labute approximate surface area is 170 Å². The lowest BCUT2D eigenvalue weighted by molar-refractivity contribution is 0.0141. The van der Waals surface area contributed by atoms with E-state index >= 15 is 0 Å². The molecule has 10 heteroatoms. The van der Waals surface area contributed by atoms with E-state index in [9.17, 15) is 13.9 Å². The van der Waals surface area contributed by atoms with Gasteiger partial charge < -0.3 is 9.84 Å². The molecular weight excluding hydrogens is 394 g/mol. The molecule has 1 unspecified atom stereocenters. The van der Waals surface area contributed by atoms with E-state index in [-0.39, 0.29) is 17.8 Å². The van der Waals surface area contributed by atoms with Crippen molar-refractivity contribution >= 4 is 0 Å². The van der Waals surface area contributed by atoms with Gasteiger partial charge in [-0.15, -0.1) is 5.10 Å². The topological polar surface area (TPSA) is 98.0 Å². The molecule has 2 N–H and O–H groups in total. The van der Waals surface area contributed by atoms with Crippen LogP contribution in [0, 0.1) is 5.82 Å². The summed E-state index contributed by atoms with van der Waals surface area (Å²) in [4.78, 5) is 4.12. The van der Waals surface area contributed by atoms with Crippen LogP contribution < -0.4 is 10.1 Å². The van der Waals surface area contributed by atoms with E-state index in [1.807, 2.05) is 12.2 Å². The molecule has 0 amide bonds. The van der Waals surface area contributed by atoms with Gasteiger partial charge in [-0.2, -0.15) is 5.10 Å². The third kappa shape index (κ3) is 3.18. The van der Waals surface area contributed by atoms with E-state index in [1.165, 1.54) is 23.1 Å². The van der Waals surface area contributed by atoms with Crippen molar-refractivity contribution < 1.29 is 18.6 Å². The zero-order chi connectivity index (χ0) is 20.9. The van der Waals surface area contributed by atoms with Crippen molar-refractivity contribution in [2.24, 2.45) is 0 Å². The van der Waals surface area contributed by atoms with Gasteiger partial charge in [-0.1, -0.05) is 17.3 Å². The molecular formula is C20H18F2N6O2. The molecule has 3 aromatic rings. The minimum atomic E-state index is -1.25. The molecule has 4 heterocycles. The highest BCUT2D eigenvalue weighted by Gasteiger charge is 2.48. The first-order chi connectivity index (χ1) is 14.4. The molecule has 1 fully saturated rings. The van der Waals surface area contributed by atoms with Gasteiger partial charge in [0.05, 0.1) is 29.8 Å². The Morgan fingerprint density at radius 1 is 1.30 bits per heavy atom. The lowest BCUT2D eigenvalue weighted by Gasteiger charge is -2.39. The average Bonchev–Trinajstić information content (AvgIpc) is 3.31. The number of hydrogen-bond acceptors (Lipinski definition) is 7. The number of hydrogen-bond donors (Lipinski definition) is 2. The van der Waals surface area contributed by atoms with Gasteiger partial charge in [0.1, 0.15) is 17.5 Å². The van der Waals surface area contributed by atoms with Crippen LogP contribution in [0.5, 0.6) is 11.8 Å². The molecule has 154 valence electrons. The van der Waals surface area contributed by atoms with Crippen LogP contribution in [-0.2, 0) is 0 Å². The number of ether oxygens (including phenoxy) is 1. The Bertz CT molecular complexity index is 1120. The number of halogens is 2. The van der Waals surface area contributed by atoms with E-state index in [1.54, 1.807) is 19.1 Å². The Morgan fingerprint density at radius 3 is 2.87 bits per heavy atom. The molecule has 2 aliphatic heterocycles. The second-order valence-electron chi connectivity index (χ2n) is 7.62. The quantitative estimate of drug-likeness (QED) is 0.635. The van der Waals surface area contributed by atoms with Crippen molar-refractivity contribution in [2.75, 3.05) is 0 Å². The van der Waals surface area contributed by atoms with Crippen LogP contribution in [0.2, 0.25) is 0 Å². The van der Waals surface area contributed by atoms with Crippen molar-refractivity contribution in [3.05, 3.63) is 54.8 Å². The number of rotatable bonds is 4. The number of aromatic hydroxyl groups is 1. The highest BCUT2D eigenvalue weighted by molar-refractivity contribution is 5.67. The Morgan fingerprint density at radius 2 is 2.17 bits per heavy atom. The van der Waals surface area contributed by atoms with E-state index in [0.717, 1.165) is 6.20 Å². The molecule has 1 saturated heterocycles. The van der Waals surface area contributed by atoms with Crippen LogP contribution in [0.3, 0.4) is 0 Å². The molecule has 2 aliphatic rings. The third-order valence-corrected chi connectivity index (χ3v) is 5.43. The van der Waals surface area contributed by atoms with Crippen molar-refractivity contribution in [3.8, 4) is 28.7 Å². The number of fused-ring (bicyclic) bond motifs is 2. The SMILES string of the molecule is C[C@@]12C=CC(C[C@H](Oc3ncc(-c4ccc(-n5cc(F)cn5)cc4O)nn3)[C@@H]1F)N2. The predicted molar refractivity (Wildman–Crippen MR) is 102 cm³/mol. The van der Waals surface area contributed by atoms with Gasteiger partial charge >= 0.3 is 6.01 Å². The van der Waals surface area contributed by atoms with E-state index < -0.39 is 23.6 Å². The lowest BCUT2D eigenvalue weighted by Crippen LogP contribution is -2.60. The molecule has 2 aromatic heterocycles. The Hall–Kier alpha value is -3.40. The second kappa shape index (κ2) is 6.84. The number of phenols is 1. The van der Waals surface area contributed by atoms with Gasteiger partial charge in [0.25, 0.3) is 0 Å². The largest absolute Gasteiger partial charge is 0.507 e. The minimum Gasteiger partial charge on any atom is -0.507 e. The first kappa shape index (κ1) is 18.6. The van der Waals surface area contributed by atoms with Crippen LogP contribution in [0.25, 0.3) is 16.9 Å². The summed E-state index contributed by atoms with van der Waals surface area (Å²) < 4.78 is 34.9. The number of piperidine rings is 1. The number of benzene rings is 1. The van der Waals surface area contributed by atoms with E-state index in [2.05, 4.69) is 25.6 Å². The first-order valence-corrected chi connectivity index (χ1v) is 9.43. The number of nitrogens with one attached hydrogen (secondary N) is 1. The highest BCUT2D eigenvalue weighted by atomic mass is 19.1. The van der Waals surface area contributed by atoms with Gasteiger partial charge in [0.15, 0.2) is 12.0 Å². The van der Waals surface area contributed by atoms with Crippen molar-refractivity contribution in [1.82, 2.24) is 30.3 Å². The molecule has 30 heavy (non-hydrogen) atoms. The molecule has 0 radical (unpaired) electrons. The van der Waals surface area contributed by atoms with Crippen LogP contribution in [-0.4, -0.2) is 53.9 Å². The number of aromatic nitrogens is 5. The number of nitrogens with zero attached hydrogens (tertiary/aromatic N) is 5. The standard InChI is InChI=1S/C20H18F2N6O2/c1-20-5-4-12(25-20)6-17(18(20)22)30-19-23-9-15(26-27-19)14-3-2-13(7-16(14)29)28-10-11(21)8-24-28/h2-5,7-10,12,17-18,25,29H,6H2,1H3/t12?,17-,18-,20+/m0/s1. The molecule has 0 spiro atoms. The van der Waals surface area contributed by atoms with Crippen LogP contribution in [0.1, 0.15) is 13.3 Å². The fraction of sp³-hybridized carbons (Fsp3) is 0.300. The molecule has 8 nitrogen and oxygen atoms in total. The first-order valence-electron chi connectivity index (χ1n) is 9.43. The summed E-state index contributed by atoms with van der Waals surface area (Å²) in [5.41, 5.74) is 0.427. The smallest absolute Gasteiger partial charge is 0.336 e. The zero-order valence-corrected chi connectivity index (χ0v) is 15.9. The molecule has 0 saturated carbocycles. The Balaban J connectivity index is 1.33. The molecule has 5 rings (SSSR count). The highest BCUT2D eigenvalue weighted by Crippen LogP contribution is 2.34. The van der Waals surface area contributed by atoms with E-state index in [0.29, 0.717) is 23.4 Å². The fourth-order valence-electron chi connectivity index (χ4n) is 3.88. The third-order valence-electron chi connectivity index (χ3n) is 5.43. The maximum Gasteiger partial charge on any atom is 0.336 e. The van der Waals surface area contributed by atoms with Gasteiger partial charge in [-0.25, -0.2) is 18.4 Å². The van der Waals surface area contributed by atoms with E-state index in [4.69, 9.17) is 4.74 Å². The van der Waals surface area contributed by atoms with Crippen molar-refractivity contribution in [2.45, 2.75) is 37.2 Å².